The van der Waals surface area contributed by atoms with Gasteiger partial charge in [0.25, 0.3) is 5.91 Å². The minimum Gasteiger partial charge on any atom is -0.330 e. The number of carbonyl (C=O) groups is 1. The van der Waals surface area contributed by atoms with Crippen LogP contribution in [0, 0.1) is 17.5 Å². The monoisotopic (exact) mass is 425 g/mol. The molecule has 6 nitrogen and oxygen atoms in total. The van der Waals surface area contributed by atoms with E-state index in [4.69, 9.17) is 0 Å². The summed E-state index contributed by atoms with van der Waals surface area (Å²) in [7, 11) is 1.67. The summed E-state index contributed by atoms with van der Waals surface area (Å²) in [4.78, 5) is 14.9. The van der Waals surface area contributed by atoms with Gasteiger partial charge in [-0.1, -0.05) is 0 Å². The van der Waals surface area contributed by atoms with Gasteiger partial charge in [-0.3, -0.25) is 9.48 Å². The molecule has 4 heterocycles. The molecule has 0 fully saturated rings. The number of amides is 1. The van der Waals surface area contributed by atoms with Crippen molar-refractivity contribution in [1.82, 2.24) is 24.3 Å². The van der Waals surface area contributed by atoms with E-state index in [-0.39, 0.29) is 17.5 Å². The molecule has 4 aromatic rings. The Morgan fingerprint density at radius 3 is 2.61 bits per heavy atom. The van der Waals surface area contributed by atoms with Crippen LogP contribution in [-0.4, -0.2) is 36.7 Å². The number of carbonyl (C=O) groups excluding carboxylic acids is 1. The topological polar surface area (TPSA) is 55.4 Å². The molecular weight excluding hydrogens is 407 g/mol. The number of rotatable bonds is 2. The number of nitrogens with zero attached hydrogens (tertiary/aromatic N) is 5. The van der Waals surface area contributed by atoms with Crippen molar-refractivity contribution in [3.8, 4) is 11.3 Å². The fourth-order valence-electron chi connectivity index (χ4n) is 4.30. The zero-order valence-corrected chi connectivity index (χ0v) is 16.8. The minimum atomic E-state index is -1.50. The van der Waals surface area contributed by atoms with Crippen LogP contribution >= 0.6 is 0 Å². The molecule has 1 atom stereocenters. The Hall–Kier alpha value is -3.62. The zero-order chi connectivity index (χ0) is 21.9. The highest BCUT2D eigenvalue weighted by Gasteiger charge is 2.33. The second-order valence-corrected chi connectivity index (χ2v) is 7.63. The Kier molecular flexibility index (Phi) is 4.35. The van der Waals surface area contributed by atoms with Crippen LogP contribution in [0.3, 0.4) is 0 Å². The molecule has 0 N–H and O–H groups in total. The molecular formula is C22H18F3N5O. The molecule has 31 heavy (non-hydrogen) atoms. The maximum atomic E-state index is 13.8. The van der Waals surface area contributed by atoms with Gasteiger partial charge in [0.15, 0.2) is 17.5 Å². The van der Waals surface area contributed by atoms with Gasteiger partial charge < -0.3 is 4.90 Å². The molecule has 3 aromatic heterocycles. The maximum Gasteiger partial charge on any atom is 0.254 e. The Balaban J connectivity index is 1.51. The van der Waals surface area contributed by atoms with E-state index in [0.717, 1.165) is 23.2 Å². The number of aromatic nitrogens is 4. The number of aryl methyl sites for hydroxylation is 1. The van der Waals surface area contributed by atoms with Crippen molar-refractivity contribution in [2.24, 2.45) is 7.05 Å². The van der Waals surface area contributed by atoms with E-state index in [9.17, 15) is 18.0 Å². The predicted octanol–water partition coefficient (Wildman–Crippen LogP) is 3.91. The summed E-state index contributed by atoms with van der Waals surface area (Å²) in [5.41, 5.74) is 3.56. The van der Waals surface area contributed by atoms with Crippen LogP contribution in [0.4, 0.5) is 13.2 Å². The largest absolute Gasteiger partial charge is 0.330 e. The lowest BCUT2D eigenvalue weighted by Gasteiger charge is -2.33. The number of halogens is 3. The van der Waals surface area contributed by atoms with E-state index < -0.39 is 17.5 Å². The normalized spacial score (nSPS) is 16.0. The molecule has 0 saturated heterocycles. The Labute approximate surface area is 175 Å². The third kappa shape index (κ3) is 2.99. The zero-order valence-electron chi connectivity index (χ0n) is 16.8. The molecule has 158 valence electrons. The number of hydrogen-bond acceptors (Lipinski definition) is 3. The molecule has 0 bridgehead atoms. The molecule has 1 aromatic carbocycles. The molecule has 0 aliphatic carbocycles. The Bertz CT molecular complexity index is 1320. The summed E-state index contributed by atoms with van der Waals surface area (Å²) in [6.45, 7) is 2.29. The van der Waals surface area contributed by atoms with Gasteiger partial charge in [-0.05, 0) is 43.7 Å². The first-order valence-corrected chi connectivity index (χ1v) is 9.80. The SMILES string of the molecule is C[C@H]1c2nn(C)c(-c3cc(F)c(F)c(F)c3)c2CCN1C(=O)c1ccn2nccc2c1. The summed E-state index contributed by atoms with van der Waals surface area (Å²) in [6, 6.07) is 6.93. The highest BCUT2D eigenvalue weighted by Crippen LogP contribution is 2.36. The van der Waals surface area contributed by atoms with Crippen molar-refractivity contribution in [1.29, 1.82) is 0 Å². The Morgan fingerprint density at radius 2 is 1.87 bits per heavy atom. The second-order valence-electron chi connectivity index (χ2n) is 7.63. The van der Waals surface area contributed by atoms with Crippen LogP contribution in [0.25, 0.3) is 16.8 Å². The van der Waals surface area contributed by atoms with Crippen molar-refractivity contribution in [3.05, 3.63) is 77.0 Å². The molecule has 0 radical (unpaired) electrons. The molecule has 1 aliphatic heterocycles. The average Bonchev–Trinajstić information content (AvgIpc) is 3.35. The van der Waals surface area contributed by atoms with Gasteiger partial charge in [0.2, 0.25) is 0 Å². The van der Waals surface area contributed by atoms with Crippen LogP contribution in [0.5, 0.6) is 0 Å². The molecule has 0 saturated carbocycles. The number of pyridine rings is 1. The summed E-state index contributed by atoms with van der Waals surface area (Å²) >= 11 is 0. The van der Waals surface area contributed by atoms with Gasteiger partial charge in [-0.2, -0.15) is 10.2 Å². The smallest absolute Gasteiger partial charge is 0.254 e. The van der Waals surface area contributed by atoms with Crippen molar-refractivity contribution < 1.29 is 18.0 Å². The lowest BCUT2D eigenvalue weighted by Crippen LogP contribution is -2.39. The average molecular weight is 425 g/mol. The summed E-state index contributed by atoms with van der Waals surface area (Å²) < 4.78 is 44.2. The molecule has 0 spiro atoms. The second kappa shape index (κ2) is 6.97. The maximum absolute atomic E-state index is 13.8. The van der Waals surface area contributed by atoms with Gasteiger partial charge in [0.05, 0.1) is 22.9 Å². The number of benzene rings is 1. The van der Waals surface area contributed by atoms with Gasteiger partial charge in [-0.15, -0.1) is 0 Å². The highest BCUT2D eigenvalue weighted by atomic mass is 19.2. The summed E-state index contributed by atoms with van der Waals surface area (Å²) in [6.07, 6.45) is 3.86. The van der Waals surface area contributed by atoms with E-state index in [1.54, 1.807) is 41.0 Å². The molecule has 1 aliphatic rings. The van der Waals surface area contributed by atoms with Crippen LogP contribution in [-0.2, 0) is 13.5 Å². The van der Waals surface area contributed by atoms with Gasteiger partial charge in [0, 0.05) is 42.7 Å². The van der Waals surface area contributed by atoms with E-state index in [1.165, 1.54) is 4.68 Å². The minimum absolute atomic E-state index is 0.132. The number of fused-ring (bicyclic) bond motifs is 2. The molecule has 0 unspecified atom stereocenters. The van der Waals surface area contributed by atoms with Crippen LogP contribution < -0.4 is 0 Å². The van der Waals surface area contributed by atoms with Crippen LogP contribution in [0.15, 0.2) is 42.7 Å². The molecule has 1 amide bonds. The van der Waals surface area contributed by atoms with Crippen molar-refractivity contribution in [2.75, 3.05) is 6.54 Å². The van der Waals surface area contributed by atoms with Crippen molar-refractivity contribution >= 4 is 11.4 Å². The Morgan fingerprint density at radius 1 is 1.13 bits per heavy atom. The van der Waals surface area contributed by atoms with Crippen LogP contribution in [0.2, 0.25) is 0 Å². The summed E-state index contributed by atoms with van der Waals surface area (Å²) in [5.74, 6) is -4.13. The first kappa shape index (κ1) is 19.3. The fourth-order valence-corrected chi connectivity index (χ4v) is 4.30. The standard InChI is InChI=1S/C22H18F3N5O/c1-12-20-16(21(28(2)27-20)14-10-17(23)19(25)18(24)11-14)5-7-29(12)22(31)13-4-8-30-15(9-13)3-6-26-30/h3-4,6,8-12H,5,7H2,1-2H3/t12-/m0/s1. The first-order valence-electron chi connectivity index (χ1n) is 9.80. The van der Waals surface area contributed by atoms with Crippen molar-refractivity contribution in [3.63, 3.8) is 0 Å². The number of hydrogen-bond donors (Lipinski definition) is 0. The van der Waals surface area contributed by atoms with E-state index in [2.05, 4.69) is 10.2 Å². The first-order chi connectivity index (χ1) is 14.8. The van der Waals surface area contributed by atoms with E-state index >= 15 is 0 Å². The predicted molar refractivity (Wildman–Crippen MR) is 107 cm³/mol. The fraction of sp³-hybridized carbons (Fsp3) is 0.227. The lowest BCUT2D eigenvalue weighted by molar-refractivity contribution is 0.0673. The van der Waals surface area contributed by atoms with Gasteiger partial charge in [0.1, 0.15) is 0 Å². The third-order valence-corrected chi connectivity index (χ3v) is 5.81. The highest BCUT2D eigenvalue weighted by molar-refractivity contribution is 5.95. The van der Waals surface area contributed by atoms with E-state index in [0.29, 0.717) is 29.9 Å². The lowest BCUT2D eigenvalue weighted by atomic mass is 9.95. The third-order valence-electron chi connectivity index (χ3n) is 5.81. The summed E-state index contributed by atoms with van der Waals surface area (Å²) in [5, 5.41) is 8.67. The molecule has 5 rings (SSSR count). The van der Waals surface area contributed by atoms with Crippen LogP contribution in [0.1, 0.15) is 34.6 Å². The van der Waals surface area contributed by atoms with Crippen molar-refractivity contribution in [2.45, 2.75) is 19.4 Å². The molecule has 9 heteroatoms. The van der Waals surface area contributed by atoms with Gasteiger partial charge in [-0.25, -0.2) is 17.7 Å². The van der Waals surface area contributed by atoms with Gasteiger partial charge >= 0.3 is 0 Å². The van der Waals surface area contributed by atoms with E-state index in [1.807, 2.05) is 13.0 Å². The quantitative estimate of drug-likeness (QED) is 0.458.